The lowest BCUT2D eigenvalue weighted by Crippen LogP contribution is -2.17. The maximum Gasteiger partial charge on any atom is 0.0564 e. The largest absolute Gasteiger partial charge is 0.393 e. The summed E-state index contributed by atoms with van der Waals surface area (Å²) in [6.45, 7) is 2.18. The fourth-order valence-corrected chi connectivity index (χ4v) is 2.02. The molecule has 0 saturated carbocycles. The second-order valence-corrected chi connectivity index (χ2v) is 4.96. The molecule has 0 rings (SSSR count). The van der Waals surface area contributed by atoms with Gasteiger partial charge in [-0.1, -0.05) is 32.6 Å². The normalized spacial score (nSPS) is 15.0. The second kappa shape index (κ2) is 11.7. The SMILES string of the molecule is CCCCCC[C@@H](O)C[C@H](O)CCCCCl. The fourth-order valence-electron chi connectivity index (χ4n) is 1.83. The van der Waals surface area contributed by atoms with Crippen LogP contribution in [0.3, 0.4) is 0 Å². The Bertz CT molecular complexity index is 142. The van der Waals surface area contributed by atoms with Crippen molar-refractivity contribution in [2.24, 2.45) is 0 Å². The zero-order valence-electron chi connectivity index (χ0n) is 10.5. The fraction of sp³-hybridized carbons (Fsp3) is 1.00. The van der Waals surface area contributed by atoms with Gasteiger partial charge < -0.3 is 10.2 Å². The molecule has 0 aromatic rings. The van der Waals surface area contributed by atoms with Crippen LogP contribution in [0.5, 0.6) is 0 Å². The summed E-state index contributed by atoms with van der Waals surface area (Å²) in [6.07, 6.45) is 8.05. The average Bonchev–Trinajstić information content (AvgIpc) is 2.25. The number of aliphatic hydroxyl groups is 2. The summed E-state index contributed by atoms with van der Waals surface area (Å²) in [6, 6.07) is 0. The van der Waals surface area contributed by atoms with Crippen molar-refractivity contribution < 1.29 is 10.2 Å². The topological polar surface area (TPSA) is 40.5 Å². The smallest absolute Gasteiger partial charge is 0.0564 e. The predicted octanol–water partition coefficient (Wildman–Crippen LogP) is 3.48. The average molecular weight is 251 g/mol. The van der Waals surface area contributed by atoms with Gasteiger partial charge in [0.2, 0.25) is 0 Å². The van der Waals surface area contributed by atoms with Crippen molar-refractivity contribution in [1.82, 2.24) is 0 Å². The first-order valence-corrected chi connectivity index (χ1v) is 7.16. The number of hydrogen-bond donors (Lipinski definition) is 2. The second-order valence-electron chi connectivity index (χ2n) is 4.58. The predicted molar refractivity (Wildman–Crippen MR) is 70.0 cm³/mol. The molecule has 0 bridgehead atoms. The van der Waals surface area contributed by atoms with Gasteiger partial charge in [-0.3, -0.25) is 0 Å². The third-order valence-electron chi connectivity index (χ3n) is 2.86. The molecule has 16 heavy (non-hydrogen) atoms. The number of rotatable bonds is 11. The zero-order valence-corrected chi connectivity index (χ0v) is 11.3. The van der Waals surface area contributed by atoms with Crippen molar-refractivity contribution in [2.75, 3.05) is 5.88 Å². The van der Waals surface area contributed by atoms with Crippen molar-refractivity contribution in [3.05, 3.63) is 0 Å². The molecule has 0 fully saturated rings. The van der Waals surface area contributed by atoms with Crippen LogP contribution >= 0.6 is 11.6 Å². The Morgan fingerprint density at radius 3 is 1.94 bits per heavy atom. The van der Waals surface area contributed by atoms with Crippen molar-refractivity contribution >= 4 is 11.6 Å². The van der Waals surface area contributed by atoms with E-state index in [1.165, 1.54) is 19.3 Å². The molecule has 0 amide bonds. The first-order valence-electron chi connectivity index (χ1n) is 6.62. The van der Waals surface area contributed by atoms with Gasteiger partial charge in [0, 0.05) is 5.88 Å². The Morgan fingerprint density at radius 2 is 1.44 bits per heavy atom. The summed E-state index contributed by atoms with van der Waals surface area (Å²) in [5, 5.41) is 19.3. The van der Waals surface area contributed by atoms with Crippen LogP contribution in [0, 0.1) is 0 Å². The Balaban J connectivity index is 3.35. The maximum atomic E-state index is 9.69. The Hall–Kier alpha value is 0.210. The molecule has 0 spiro atoms. The first-order chi connectivity index (χ1) is 7.70. The number of hydrogen-bond acceptors (Lipinski definition) is 2. The van der Waals surface area contributed by atoms with Gasteiger partial charge in [-0.15, -0.1) is 11.6 Å². The molecule has 2 nitrogen and oxygen atoms in total. The van der Waals surface area contributed by atoms with Crippen LogP contribution in [-0.4, -0.2) is 28.3 Å². The molecule has 98 valence electrons. The van der Waals surface area contributed by atoms with E-state index in [4.69, 9.17) is 11.6 Å². The highest BCUT2D eigenvalue weighted by atomic mass is 35.5. The standard InChI is InChI=1S/C13H27ClO2/c1-2-3-4-5-8-12(15)11-13(16)9-6-7-10-14/h12-13,15-16H,2-11H2,1H3/t12-,13-/m1/s1. The van der Waals surface area contributed by atoms with Crippen LogP contribution in [-0.2, 0) is 0 Å². The molecule has 0 radical (unpaired) electrons. The van der Waals surface area contributed by atoms with E-state index in [0.717, 1.165) is 32.1 Å². The summed E-state index contributed by atoms with van der Waals surface area (Å²) in [7, 11) is 0. The molecule has 0 aliphatic heterocycles. The van der Waals surface area contributed by atoms with Gasteiger partial charge in [-0.05, 0) is 32.1 Å². The van der Waals surface area contributed by atoms with Gasteiger partial charge in [0.25, 0.3) is 0 Å². The van der Waals surface area contributed by atoms with E-state index in [1.54, 1.807) is 0 Å². The van der Waals surface area contributed by atoms with E-state index in [-0.39, 0.29) is 12.2 Å². The quantitative estimate of drug-likeness (QED) is 0.435. The Morgan fingerprint density at radius 1 is 0.875 bits per heavy atom. The van der Waals surface area contributed by atoms with Gasteiger partial charge in [-0.25, -0.2) is 0 Å². The zero-order chi connectivity index (χ0) is 12.2. The van der Waals surface area contributed by atoms with Gasteiger partial charge >= 0.3 is 0 Å². The first kappa shape index (κ1) is 16.2. The van der Waals surface area contributed by atoms with Crippen LogP contribution in [0.2, 0.25) is 0 Å². The molecule has 2 N–H and O–H groups in total. The molecular formula is C13H27ClO2. The minimum atomic E-state index is -0.357. The summed E-state index contributed by atoms with van der Waals surface area (Å²) in [5.74, 6) is 0.659. The summed E-state index contributed by atoms with van der Waals surface area (Å²) in [5.41, 5.74) is 0. The van der Waals surface area contributed by atoms with E-state index >= 15 is 0 Å². The minimum Gasteiger partial charge on any atom is -0.393 e. The van der Waals surface area contributed by atoms with Crippen molar-refractivity contribution in [1.29, 1.82) is 0 Å². The Kier molecular flexibility index (Phi) is 11.8. The molecule has 3 heteroatoms. The lowest BCUT2D eigenvalue weighted by atomic mass is 10.0. The van der Waals surface area contributed by atoms with E-state index in [2.05, 4.69) is 6.92 Å². The lowest BCUT2D eigenvalue weighted by Gasteiger charge is -2.15. The van der Waals surface area contributed by atoms with E-state index in [0.29, 0.717) is 12.3 Å². The molecule has 0 aromatic carbocycles. The molecule has 2 atom stereocenters. The molecular weight excluding hydrogens is 224 g/mol. The highest BCUT2D eigenvalue weighted by Crippen LogP contribution is 2.13. The lowest BCUT2D eigenvalue weighted by molar-refractivity contribution is 0.0684. The number of unbranched alkanes of at least 4 members (excludes halogenated alkanes) is 4. The van der Waals surface area contributed by atoms with Crippen molar-refractivity contribution in [3.8, 4) is 0 Å². The van der Waals surface area contributed by atoms with Crippen molar-refractivity contribution in [2.45, 2.75) is 76.9 Å². The third-order valence-corrected chi connectivity index (χ3v) is 3.12. The molecule has 0 saturated heterocycles. The van der Waals surface area contributed by atoms with Crippen molar-refractivity contribution in [3.63, 3.8) is 0 Å². The molecule has 0 aliphatic carbocycles. The summed E-state index contributed by atoms with van der Waals surface area (Å²) in [4.78, 5) is 0. The van der Waals surface area contributed by atoms with Crippen LogP contribution in [0.15, 0.2) is 0 Å². The van der Waals surface area contributed by atoms with E-state index in [1.807, 2.05) is 0 Å². The highest BCUT2D eigenvalue weighted by molar-refractivity contribution is 6.17. The van der Waals surface area contributed by atoms with Crippen LogP contribution in [0.1, 0.15) is 64.7 Å². The third kappa shape index (κ3) is 10.7. The molecule has 0 unspecified atom stereocenters. The highest BCUT2D eigenvalue weighted by Gasteiger charge is 2.11. The van der Waals surface area contributed by atoms with Gasteiger partial charge in [0.15, 0.2) is 0 Å². The maximum absolute atomic E-state index is 9.69. The summed E-state index contributed by atoms with van der Waals surface area (Å²) < 4.78 is 0. The van der Waals surface area contributed by atoms with Crippen LogP contribution in [0.4, 0.5) is 0 Å². The summed E-state index contributed by atoms with van der Waals surface area (Å²) >= 11 is 5.56. The number of alkyl halides is 1. The van der Waals surface area contributed by atoms with Gasteiger partial charge in [0.05, 0.1) is 12.2 Å². The molecule has 0 aromatic heterocycles. The number of halogens is 1. The van der Waals surface area contributed by atoms with Gasteiger partial charge in [-0.2, -0.15) is 0 Å². The van der Waals surface area contributed by atoms with Crippen LogP contribution < -0.4 is 0 Å². The van der Waals surface area contributed by atoms with Crippen LogP contribution in [0.25, 0.3) is 0 Å². The minimum absolute atomic E-state index is 0.331. The van der Waals surface area contributed by atoms with E-state index < -0.39 is 0 Å². The number of aliphatic hydroxyl groups excluding tert-OH is 2. The monoisotopic (exact) mass is 250 g/mol. The molecule has 0 aliphatic rings. The van der Waals surface area contributed by atoms with E-state index in [9.17, 15) is 10.2 Å². The molecule has 0 heterocycles. The Labute approximate surface area is 105 Å². The van der Waals surface area contributed by atoms with Gasteiger partial charge in [0.1, 0.15) is 0 Å².